The fourth-order valence-corrected chi connectivity index (χ4v) is 3.46. The molecule has 0 bridgehead atoms. The van der Waals surface area contributed by atoms with Crippen molar-refractivity contribution in [2.75, 3.05) is 5.73 Å². The highest BCUT2D eigenvalue weighted by atomic mass is 16.6. The summed E-state index contributed by atoms with van der Waals surface area (Å²) in [7, 11) is 0. The number of fused-ring (bicyclic) bond motifs is 1. The van der Waals surface area contributed by atoms with Crippen molar-refractivity contribution in [1.82, 2.24) is 25.3 Å². The molecule has 3 aromatic heterocycles. The molecule has 0 fully saturated rings. The van der Waals surface area contributed by atoms with E-state index >= 15 is 0 Å². The van der Waals surface area contributed by atoms with E-state index in [1.165, 1.54) is 18.3 Å². The molecule has 0 radical (unpaired) electrons. The molecule has 13 heteroatoms. The van der Waals surface area contributed by atoms with E-state index in [2.05, 4.69) is 30.5 Å². The molecule has 174 valence electrons. The van der Waals surface area contributed by atoms with Gasteiger partial charge in [0.05, 0.1) is 22.2 Å². The van der Waals surface area contributed by atoms with Crippen molar-refractivity contribution >= 4 is 34.7 Å². The summed E-state index contributed by atoms with van der Waals surface area (Å²) in [6, 6.07) is 16.6. The van der Waals surface area contributed by atoms with E-state index in [-0.39, 0.29) is 23.7 Å². The molecule has 0 aliphatic rings. The molecule has 5 rings (SSSR count). The summed E-state index contributed by atoms with van der Waals surface area (Å²) in [6.07, 6.45) is 1.32. The van der Waals surface area contributed by atoms with Crippen LogP contribution in [0.4, 0.5) is 11.5 Å². The van der Waals surface area contributed by atoms with E-state index in [0.29, 0.717) is 33.9 Å². The van der Waals surface area contributed by atoms with Gasteiger partial charge in [0, 0.05) is 17.7 Å². The average Bonchev–Trinajstić information content (AvgIpc) is 3.58. The molecule has 35 heavy (non-hydrogen) atoms. The van der Waals surface area contributed by atoms with Gasteiger partial charge in [0.25, 0.3) is 11.6 Å². The van der Waals surface area contributed by atoms with E-state index in [4.69, 9.17) is 10.2 Å². The highest BCUT2D eigenvalue weighted by Gasteiger charge is 2.20. The third kappa shape index (κ3) is 4.32. The van der Waals surface area contributed by atoms with Gasteiger partial charge in [0.15, 0.2) is 17.3 Å². The number of carbonyl (C=O) groups is 1. The minimum atomic E-state index is -0.479. The van der Waals surface area contributed by atoms with E-state index < -0.39 is 10.8 Å². The highest BCUT2D eigenvalue weighted by molar-refractivity contribution is 5.86. The lowest BCUT2D eigenvalue weighted by atomic mass is 10.1. The lowest BCUT2D eigenvalue weighted by Crippen LogP contribution is -2.23. The van der Waals surface area contributed by atoms with Crippen LogP contribution < -0.4 is 11.2 Å². The first-order chi connectivity index (χ1) is 17.0. The molecular formula is C22H16N8O5. The summed E-state index contributed by atoms with van der Waals surface area (Å²) < 4.78 is 12.0. The van der Waals surface area contributed by atoms with Gasteiger partial charge < -0.3 is 14.7 Å². The Labute approximate surface area is 196 Å². The van der Waals surface area contributed by atoms with Crippen LogP contribution in [-0.4, -0.2) is 36.9 Å². The van der Waals surface area contributed by atoms with Crippen LogP contribution in [0.5, 0.6) is 0 Å². The number of nitrogens with zero attached hydrogens (tertiary/aromatic N) is 6. The number of nitro benzene ring substituents is 1. The number of non-ortho nitro benzene ring substituents is 1. The maximum Gasteiger partial charge on any atom is 0.270 e. The van der Waals surface area contributed by atoms with E-state index in [1.807, 2.05) is 18.2 Å². The Kier molecular flexibility index (Phi) is 5.47. The topological polar surface area (TPSA) is 180 Å². The number of hydrogen-bond donors (Lipinski definition) is 2. The summed E-state index contributed by atoms with van der Waals surface area (Å²) in [4.78, 5) is 27.6. The third-order valence-corrected chi connectivity index (χ3v) is 5.03. The van der Waals surface area contributed by atoms with Gasteiger partial charge in [-0.1, -0.05) is 24.3 Å². The highest BCUT2D eigenvalue weighted by Crippen LogP contribution is 2.27. The first-order valence-electron chi connectivity index (χ1n) is 10.2. The predicted octanol–water partition coefficient (Wildman–Crippen LogP) is 2.99. The first kappa shape index (κ1) is 21.5. The number of nitrogens with two attached hydrogens (primary N) is 1. The monoisotopic (exact) mass is 472 g/mol. The van der Waals surface area contributed by atoms with Crippen molar-refractivity contribution in [1.29, 1.82) is 0 Å². The zero-order chi connectivity index (χ0) is 24.4. The van der Waals surface area contributed by atoms with Crippen molar-refractivity contribution in [3.8, 4) is 22.8 Å². The van der Waals surface area contributed by atoms with Crippen molar-refractivity contribution < 1.29 is 18.8 Å². The molecule has 0 spiro atoms. The number of imidazole rings is 1. The normalized spacial score (nSPS) is 11.3. The molecule has 5 aromatic rings. The largest absolute Gasteiger partial charge is 0.455 e. The molecule has 0 saturated carbocycles. The number of furan rings is 1. The third-order valence-electron chi connectivity index (χ3n) is 5.03. The summed E-state index contributed by atoms with van der Waals surface area (Å²) in [5, 5.41) is 22.3. The molecule has 2 aromatic carbocycles. The van der Waals surface area contributed by atoms with Crippen LogP contribution in [0.25, 0.3) is 33.9 Å². The van der Waals surface area contributed by atoms with Gasteiger partial charge in [-0.25, -0.2) is 15.0 Å². The summed E-state index contributed by atoms with van der Waals surface area (Å²) in [5.41, 5.74) is 10.3. The molecule has 0 aliphatic heterocycles. The molecular weight excluding hydrogens is 456 g/mol. The number of para-hydroxylation sites is 2. The average molecular weight is 472 g/mol. The van der Waals surface area contributed by atoms with Gasteiger partial charge in [0.1, 0.15) is 18.1 Å². The Hall–Kier alpha value is -5.33. The summed E-state index contributed by atoms with van der Waals surface area (Å²) in [5.74, 6) is 0.719. The number of hydrogen-bond acceptors (Lipinski definition) is 10. The lowest BCUT2D eigenvalue weighted by Gasteiger charge is -2.06. The molecule has 0 unspecified atom stereocenters. The Morgan fingerprint density at radius 2 is 2.03 bits per heavy atom. The second-order valence-corrected chi connectivity index (χ2v) is 7.31. The van der Waals surface area contributed by atoms with Crippen molar-refractivity contribution in [3.05, 3.63) is 76.5 Å². The zero-order valence-electron chi connectivity index (χ0n) is 17.9. The van der Waals surface area contributed by atoms with E-state index in [9.17, 15) is 14.9 Å². The van der Waals surface area contributed by atoms with Crippen LogP contribution in [0.15, 0.2) is 74.8 Å². The van der Waals surface area contributed by atoms with Gasteiger partial charge in [-0.05, 0) is 34.6 Å². The van der Waals surface area contributed by atoms with Gasteiger partial charge in [0.2, 0.25) is 0 Å². The zero-order valence-corrected chi connectivity index (χ0v) is 17.9. The molecule has 3 heterocycles. The smallest absolute Gasteiger partial charge is 0.270 e. The van der Waals surface area contributed by atoms with Gasteiger partial charge >= 0.3 is 0 Å². The number of nitrogens with one attached hydrogen (secondary N) is 1. The van der Waals surface area contributed by atoms with Gasteiger partial charge in [-0.2, -0.15) is 5.10 Å². The number of aromatic nitrogens is 4. The predicted molar refractivity (Wildman–Crippen MR) is 124 cm³/mol. The number of nitro groups is 1. The van der Waals surface area contributed by atoms with Gasteiger partial charge in [-0.15, -0.1) is 0 Å². The molecule has 0 aliphatic carbocycles. The maximum absolute atomic E-state index is 12.6. The number of amides is 1. The maximum atomic E-state index is 12.6. The van der Waals surface area contributed by atoms with Crippen molar-refractivity contribution in [2.45, 2.75) is 6.54 Å². The molecule has 3 N–H and O–H groups in total. The van der Waals surface area contributed by atoms with Crippen LogP contribution in [0.3, 0.4) is 0 Å². The number of hydrazone groups is 1. The second-order valence-electron chi connectivity index (χ2n) is 7.31. The standard InChI is InChI=1S/C22H16N8O5/c23-21-20(27-35-28-21)22-25-16-6-1-2-7-17(16)29(22)12-19(31)26-24-11-15-8-9-18(34-15)13-4-3-5-14(10-13)30(32)33/h1-11H,12H2,(H2,23,28)(H,26,31)/b24-11-. The molecule has 0 atom stereocenters. The van der Waals surface area contributed by atoms with Crippen LogP contribution in [0.2, 0.25) is 0 Å². The Bertz CT molecular complexity index is 1580. The second kappa shape index (κ2) is 8.90. The quantitative estimate of drug-likeness (QED) is 0.204. The van der Waals surface area contributed by atoms with Crippen LogP contribution in [0, 0.1) is 10.1 Å². The number of carbonyl (C=O) groups excluding carboxylic acids is 1. The lowest BCUT2D eigenvalue weighted by molar-refractivity contribution is -0.384. The number of nitrogen functional groups attached to an aromatic ring is 1. The molecule has 0 saturated heterocycles. The summed E-state index contributed by atoms with van der Waals surface area (Å²) >= 11 is 0. The Morgan fingerprint density at radius 1 is 1.17 bits per heavy atom. The number of benzene rings is 2. The summed E-state index contributed by atoms with van der Waals surface area (Å²) in [6.45, 7) is -0.128. The number of rotatable bonds is 7. The van der Waals surface area contributed by atoms with Crippen LogP contribution >= 0.6 is 0 Å². The Morgan fingerprint density at radius 3 is 2.83 bits per heavy atom. The minimum absolute atomic E-state index is 0.0454. The van der Waals surface area contributed by atoms with Crippen molar-refractivity contribution in [3.63, 3.8) is 0 Å². The molecule has 13 nitrogen and oxygen atoms in total. The van der Waals surface area contributed by atoms with Gasteiger partial charge in [-0.3, -0.25) is 14.9 Å². The minimum Gasteiger partial charge on any atom is -0.455 e. The molecule has 1 amide bonds. The van der Waals surface area contributed by atoms with Crippen molar-refractivity contribution in [2.24, 2.45) is 5.10 Å². The van der Waals surface area contributed by atoms with Crippen LogP contribution in [-0.2, 0) is 11.3 Å². The number of anilines is 1. The fourth-order valence-electron chi connectivity index (χ4n) is 3.46. The first-order valence-corrected chi connectivity index (χ1v) is 10.2. The Balaban J connectivity index is 1.31. The van der Waals surface area contributed by atoms with E-state index in [0.717, 1.165) is 0 Å². The fraction of sp³-hybridized carbons (Fsp3) is 0.0455. The van der Waals surface area contributed by atoms with Crippen LogP contribution in [0.1, 0.15) is 5.76 Å². The van der Waals surface area contributed by atoms with E-state index in [1.54, 1.807) is 34.9 Å². The SMILES string of the molecule is Nc1nonc1-c1nc2ccccc2n1CC(=O)N/N=C\c1ccc(-c2cccc([N+](=O)[O-])c2)o1.